The Labute approximate surface area is 156 Å². The molecule has 1 aromatic carbocycles. The second-order valence-electron chi connectivity index (χ2n) is 4.74. The Morgan fingerprint density at radius 3 is 2.74 bits per heavy atom. The zero-order valence-corrected chi connectivity index (χ0v) is 16.0. The molecule has 0 saturated heterocycles. The lowest BCUT2D eigenvalue weighted by molar-refractivity contribution is 0.583. The molecule has 1 aromatic heterocycles. The van der Waals surface area contributed by atoms with Crippen LogP contribution in [0.4, 0.5) is 8.78 Å². The Morgan fingerprint density at radius 1 is 1.22 bits per heavy atom. The van der Waals surface area contributed by atoms with Crippen LogP contribution in [0.3, 0.4) is 0 Å². The van der Waals surface area contributed by atoms with Crippen molar-refractivity contribution >= 4 is 41.3 Å². The highest BCUT2D eigenvalue weighted by molar-refractivity contribution is 14.0. The summed E-state index contributed by atoms with van der Waals surface area (Å²) in [6, 6.07) is 5.53. The van der Waals surface area contributed by atoms with E-state index in [0.29, 0.717) is 31.0 Å². The number of hydrogen-bond donors (Lipinski definition) is 2. The summed E-state index contributed by atoms with van der Waals surface area (Å²) < 4.78 is 26.6. The van der Waals surface area contributed by atoms with E-state index in [2.05, 4.69) is 21.0 Å². The monoisotopic (exact) mass is 451 g/mol. The summed E-state index contributed by atoms with van der Waals surface area (Å²) in [4.78, 5) is 4.46. The van der Waals surface area contributed by atoms with E-state index in [1.54, 1.807) is 11.3 Å². The summed E-state index contributed by atoms with van der Waals surface area (Å²) >= 11 is 1.64. The van der Waals surface area contributed by atoms with Crippen LogP contribution < -0.4 is 10.6 Å². The molecule has 0 saturated carbocycles. The van der Waals surface area contributed by atoms with Crippen molar-refractivity contribution in [3.8, 4) is 0 Å². The highest BCUT2D eigenvalue weighted by atomic mass is 127. The first-order chi connectivity index (χ1) is 10.7. The van der Waals surface area contributed by atoms with Gasteiger partial charge in [0.15, 0.2) is 5.96 Å². The van der Waals surface area contributed by atoms with Crippen LogP contribution in [0.5, 0.6) is 0 Å². The molecule has 23 heavy (non-hydrogen) atoms. The van der Waals surface area contributed by atoms with E-state index in [1.807, 2.05) is 18.4 Å². The van der Waals surface area contributed by atoms with Crippen LogP contribution >= 0.6 is 35.3 Å². The number of aliphatic imine (C=N–C) groups is 1. The fourth-order valence-corrected chi connectivity index (χ4v) is 2.60. The number of thiophene rings is 1. The van der Waals surface area contributed by atoms with Gasteiger partial charge >= 0.3 is 0 Å². The maximum Gasteiger partial charge on any atom is 0.191 e. The van der Waals surface area contributed by atoms with Gasteiger partial charge in [0.1, 0.15) is 11.6 Å². The Balaban J connectivity index is 0.00000264. The van der Waals surface area contributed by atoms with Crippen molar-refractivity contribution in [3.05, 3.63) is 57.8 Å². The van der Waals surface area contributed by atoms with Crippen LogP contribution in [-0.2, 0) is 13.0 Å². The second kappa shape index (κ2) is 10.5. The fourth-order valence-electron chi connectivity index (χ4n) is 1.95. The number of benzene rings is 1. The Kier molecular flexibility index (Phi) is 9.08. The average molecular weight is 451 g/mol. The maximum absolute atomic E-state index is 13.5. The van der Waals surface area contributed by atoms with E-state index >= 15 is 0 Å². The number of hydrogen-bond acceptors (Lipinski definition) is 2. The van der Waals surface area contributed by atoms with Crippen molar-refractivity contribution in [2.45, 2.75) is 19.9 Å². The van der Waals surface area contributed by atoms with Gasteiger partial charge in [0.05, 0.1) is 6.54 Å². The molecule has 0 fully saturated rings. The minimum absolute atomic E-state index is 0. The molecule has 0 spiro atoms. The molecule has 126 valence electrons. The van der Waals surface area contributed by atoms with E-state index in [4.69, 9.17) is 0 Å². The van der Waals surface area contributed by atoms with Gasteiger partial charge in [0, 0.05) is 13.1 Å². The van der Waals surface area contributed by atoms with Gasteiger partial charge in [-0.25, -0.2) is 13.8 Å². The lowest BCUT2D eigenvalue weighted by atomic mass is 10.1. The summed E-state index contributed by atoms with van der Waals surface area (Å²) in [6.45, 7) is 3.79. The molecule has 0 atom stereocenters. The van der Waals surface area contributed by atoms with Gasteiger partial charge in [-0.1, -0.05) is 0 Å². The third-order valence-corrected chi connectivity index (χ3v) is 3.77. The minimum atomic E-state index is -0.422. The number of nitrogens with one attached hydrogen (secondary N) is 2. The van der Waals surface area contributed by atoms with E-state index in [-0.39, 0.29) is 29.8 Å². The van der Waals surface area contributed by atoms with Crippen LogP contribution in [0.1, 0.15) is 18.1 Å². The first-order valence-corrected chi connectivity index (χ1v) is 8.10. The normalized spacial score (nSPS) is 11.0. The third-order valence-electron chi connectivity index (χ3n) is 3.04. The molecule has 2 aromatic rings. The van der Waals surface area contributed by atoms with Crippen molar-refractivity contribution in [3.63, 3.8) is 0 Å². The van der Waals surface area contributed by atoms with Crippen molar-refractivity contribution in [2.24, 2.45) is 4.99 Å². The Morgan fingerprint density at radius 2 is 2.04 bits per heavy atom. The van der Waals surface area contributed by atoms with Crippen molar-refractivity contribution in [2.75, 3.05) is 13.1 Å². The molecule has 0 unspecified atom stereocenters. The number of rotatable bonds is 6. The summed E-state index contributed by atoms with van der Waals surface area (Å²) in [5, 5.41) is 10.3. The molecule has 0 aliphatic carbocycles. The number of nitrogens with zero attached hydrogens (tertiary/aromatic N) is 1. The highest BCUT2D eigenvalue weighted by Crippen LogP contribution is 2.10. The van der Waals surface area contributed by atoms with Gasteiger partial charge in [-0.3, -0.25) is 0 Å². The molecular formula is C16H20F2IN3S. The van der Waals surface area contributed by atoms with Gasteiger partial charge in [-0.15, -0.1) is 24.0 Å². The molecular weight excluding hydrogens is 431 g/mol. The quantitative estimate of drug-likeness (QED) is 0.397. The Hall–Kier alpha value is -1.22. The summed E-state index contributed by atoms with van der Waals surface area (Å²) in [5.74, 6) is -0.136. The molecule has 7 heteroatoms. The summed E-state index contributed by atoms with van der Waals surface area (Å²) in [6.07, 6.45) is 0.395. The Bertz CT molecular complexity index is 618. The molecule has 0 aliphatic heterocycles. The maximum atomic E-state index is 13.5. The fraction of sp³-hybridized carbons (Fsp3) is 0.312. The number of halogens is 3. The molecule has 0 amide bonds. The van der Waals surface area contributed by atoms with Crippen LogP contribution in [0.2, 0.25) is 0 Å². The smallest absolute Gasteiger partial charge is 0.191 e. The lowest BCUT2D eigenvalue weighted by Crippen LogP contribution is -2.38. The van der Waals surface area contributed by atoms with Crippen LogP contribution in [0.15, 0.2) is 40.0 Å². The van der Waals surface area contributed by atoms with Gasteiger partial charge in [0.25, 0.3) is 0 Å². The van der Waals surface area contributed by atoms with E-state index in [1.165, 1.54) is 6.07 Å². The molecule has 3 nitrogen and oxygen atoms in total. The van der Waals surface area contributed by atoms with Crippen molar-refractivity contribution < 1.29 is 8.78 Å². The predicted octanol–water partition coefficient (Wildman–Crippen LogP) is 3.94. The SMILES string of the molecule is CCNC(=NCc1ccsc1)NCCc1cc(F)ccc1F.I. The molecule has 0 bridgehead atoms. The predicted molar refractivity (Wildman–Crippen MR) is 103 cm³/mol. The zero-order valence-electron chi connectivity index (χ0n) is 12.8. The van der Waals surface area contributed by atoms with Gasteiger partial charge in [-0.05, 0) is 59.5 Å². The van der Waals surface area contributed by atoms with Crippen molar-refractivity contribution in [1.29, 1.82) is 0 Å². The topological polar surface area (TPSA) is 36.4 Å². The average Bonchev–Trinajstić information content (AvgIpc) is 3.01. The molecule has 2 rings (SSSR count). The first-order valence-electron chi connectivity index (χ1n) is 7.16. The molecule has 2 N–H and O–H groups in total. The van der Waals surface area contributed by atoms with Crippen molar-refractivity contribution in [1.82, 2.24) is 10.6 Å². The summed E-state index contributed by atoms with van der Waals surface area (Å²) in [5.41, 5.74) is 1.51. The molecule has 0 radical (unpaired) electrons. The number of guanidine groups is 1. The molecule has 0 aliphatic rings. The van der Waals surface area contributed by atoms with Crippen LogP contribution in [0.25, 0.3) is 0 Å². The van der Waals surface area contributed by atoms with Crippen LogP contribution in [0, 0.1) is 11.6 Å². The summed E-state index contributed by atoms with van der Waals surface area (Å²) in [7, 11) is 0. The minimum Gasteiger partial charge on any atom is -0.357 e. The largest absolute Gasteiger partial charge is 0.357 e. The van der Waals surface area contributed by atoms with Gasteiger partial charge < -0.3 is 10.6 Å². The third kappa shape index (κ3) is 6.82. The highest BCUT2D eigenvalue weighted by Gasteiger charge is 2.04. The van der Waals surface area contributed by atoms with Crippen LogP contribution in [-0.4, -0.2) is 19.0 Å². The van der Waals surface area contributed by atoms with E-state index in [0.717, 1.165) is 24.2 Å². The first kappa shape index (κ1) is 19.8. The lowest BCUT2D eigenvalue weighted by Gasteiger charge is -2.11. The standard InChI is InChI=1S/C16H19F2N3S.HI/c1-2-19-16(21-10-12-6-8-22-11-12)20-7-5-13-9-14(17)3-4-15(13)18;/h3-4,6,8-9,11H,2,5,7,10H2,1H3,(H2,19,20,21);1H. The van der Waals surface area contributed by atoms with Gasteiger partial charge in [-0.2, -0.15) is 11.3 Å². The van der Waals surface area contributed by atoms with Gasteiger partial charge in [0.2, 0.25) is 0 Å². The second-order valence-corrected chi connectivity index (χ2v) is 5.52. The van der Waals surface area contributed by atoms with E-state index in [9.17, 15) is 8.78 Å². The van der Waals surface area contributed by atoms with E-state index < -0.39 is 5.82 Å². The molecule has 1 heterocycles. The zero-order chi connectivity index (χ0) is 15.8.